The number of carbonyl (C=O) groups is 1. The first-order chi connectivity index (χ1) is 13.4. The summed E-state index contributed by atoms with van der Waals surface area (Å²) in [4.78, 5) is 29.9. The van der Waals surface area contributed by atoms with Crippen molar-refractivity contribution in [3.63, 3.8) is 0 Å². The number of hydrogen-bond acceptors (Lipinski definition) is 7. The Kier molecular flexibility index (Phi) is 5.33. The Morgan fingerprint density at radius 2 is 2.04 bits per heavy atom. The average molecular weight is 401 g/mol. The third kappa shape index (κ3) is 3.89. The SMILES string of the molecule is Cc1nc(Nc2ncc(C)s2)cc([C@H]2CCCN2C(=O)C2(N)CCCCC2)n1. The highest BCUT2D eigenvalue weighted by molar-refractivity contribution is 7.15. The van der Waals surface area contributed by atoms with Crippen LogP contribution < -0.4 is 11.1 Å². The lowest BCUT2D eigenvalue weighted by atomic mass is 9.81. The Morgan fingerprint density at radius 1 is 1.25 bits per heavy atom. The molecule has 2 aromatic rings. The first-order valence-electron chi connectivity index (χ1n) is 10.1. The van der Waals surface area contributed by atoms with E-state index in [0.29, 0.717) is 5.82 Å². The highest BCUT2D eigenvalue weighted by Crippen LogP contribution is 2.36. The second-order valence-electron chi connectivity index (χ2n) is 8.00. The summed E-state index contributed by atoms with van der Waals surface area (Å²) in [6.45, 7) is 4.66. The van der Waals surface area contributed by atoms with Crippen LogP contribution in [0, 0.1) is 13.8 Å². The van der Waals surface area contributed by atoms with Crippen molar-refractivity contribution in [2.75, 3.05) is 11.9 Å². The van der Waals surface area contributed by atoms with Crippen LogP contribution in [0.3, 0.4) is 0 Å². The molecular weight excluding hydrogens is 372 g/mol. The predicted octanol–water partition coefficient (Wildman–Crippen LogP) is 3.62. The number of nitrogens with two attached hydrogens (primary N) is 1. The first-order valence-corrected chi connectivity index (χ1v) is 10.9. The molecule has 1 aliphatic heterocycles. The Morgan fingerprint density at radius 3 is 2.75 bits per heavy atom. The third-order valence-corrected chi connectivity index (χ3v) is 6.57. The van der Waals surface area contributed by atoms with Crippen molar-refractivity contribution in [2.45, 2.75) is 70.4 Å². The van der Waals surface area contributed by atoms with E-state index in [1.807, 2.05) is 31.0 Å². The van der Waals surface area contributed by atoms with Crippen LogP contribution >= 0.6 is 11.3 Å². The molecule has 1 saturated carbocycles. The van der Waals surface area contributed by atoms with E-state index in [9.17, 15) is 4.79 Å². The van der Waals surface area contributed by atoms with Crippen LogP contribution in [0.25, 0.3) is 0 Å². The fraction of sp³-hybridized carbons (Fsp3) is 0.600. The summed E-state index contributed by atoms with van der Waals surface area (Å²) < 4.78 is 0. The Hall–Kier alpha value is -2.06. The van der Waals surface area contributed by atoms with Gasteiger partial charge < -0.3 is 16.0 Å². The fourth-order valence-electron chi connectivity index (χ4n) is 4.35. The molecule has 0 bridgehead atoms. The summed E-state index contributed by atoms with van der Waals surface area (Å²) >= 11 is 1.59. The summed E-state index contributed by atoms with van der Waals surface area (Å²) in [7, 11) is 0. The molecule has 3 N–H and O–H groups in total. The number of hydrogen-bond donors (Lipinski definition) is 2. The Balaban J connectivity index is 1.57. The number of thiazole rings is 1. The van der Waals surface area contributed by atoms with Crippen LogP contribution in [0.15, 0.2) is 12.3 Å². The van der Waals surface area contributed by atoms with Crippen LogP contribution in [-0.4, -0.2) is 37.8 Å². The number of nitrogens with zero attached hydrogens (tertiary/aromatic N) is 4. The van der Waals surface area contributed by atoms with Gasteiger partial charge in [0.15, 0.2) is 5.13 Å². The van der Waals surface area contributed by atoms with Gasteiger partial charge in [-0.1, -0.05) is 19.3 Å². The lowest BCUT2D eigenvalue weighted by Crippen LogP contribution is -2.56. The van der Waals surface area contributed by atoms with Crippen molar-refractivity contribution in [3.05, 3.63) is 28.7 Å². The molecule has 4 rings (SSSR count). The number of carbonyl (C=O) groups excluding carboxylic acids is 1. The number of aryl methyl sites for hydroxylation is 2. The largest absolute Gasteiger partial charge is 0.332 e. The summed E-state index contributed by atoms with van der Waals surface area (Å²) in [6, 6.07) is 1.92. The topological polar surface area (TPSA) is 97.0 Å². The minimum absolute atomic E-state index is 0.0323. The first kappa shape index (κ1) is 19.3. The molecule has 2 aromatic heterocycles. The summed E-state index contributed by atoms with van der Waals surface area (Å²) in [5.41, 5.74) is 6.72. The minimum Gasteiger partial charge on any atom is -0.332 e. The van der Waals surface area contributed by atoms with E-state index >= 15 is 0 Å². The molecule has 28 heavy (non-hydrogen) atoms. The fourth-order valence-corrected chi connectivity index (χ4v) is 5.02. The van der Waals surface area contributed by atoms with Crippen LogP contribution in [0.2, 0.25) is 0 Å². The normalized spacial score (nSPS) is 21.7. The van der Waals surface area contributed by atoms with Gasteiger partial charge in [-0.25, -0.2) is 15.0 Å². The quantitative estimate of drug-likeness (QED) is 0.814. The van der Waals surface area contributed by atoms with Crippen molar-refractivity contribution >= 4 is 28.2 Å². The van der Waals surface area contributed by atoms with E-state index in [1.54, 1.807) is 11.3 Å². The Bertz CT molecular complexity index is 860. The van der Waals surface area contributed by atoms with Crippen molar-refractivity contribution in [1.82, 2.24) is 19.9 Å². The van der Waals surface area contributed by atoms with E-state index < -0.39 is 5.54 Å². The van der Waals surface area contributed by atoms with Crippen LogP contribution in [0.1, 0.15) is 67.4 Å². The molecule has 0 unspecified atom stereocenters. The molecule has 0 radical (unpaired) electrons. The van der Waals surface area contributed by atoms with E-state index in [4.69, 9.17) is 5.73 Å². The van der Waals surface area contributed by atoms with Gasteiger partial charge in [-0.15, -0.1) is 11.3 Å². The highest BCUT2D eigenvalue weighted by Gasteiger charge is 2.42. The molecule has 3 heterocycles. The van der Waals surface area contributed by atoms with Gasteiger partial charge in [0.2, 0.25) is 5.91 Å². The molecule has 8 heteroatoms. The zero-order valence-electron chi connectivity index (χ0n) is 16.6. The molecule has 2 aliphatic rings. The van der Waals surface area contributed by atoms with E-state index in [2.05, 4.69) is 20.3 Å². The summed E-state index contributed by atoms with van der Waals surface area (Å²) in [6.07, 6.45) is 8.54. The van der Waals surface area contributed by atoms with Gasteiger partial charge in [-0.2, -0.15) is 0 Å². The third-order valence-electron chi connectivity index (χ3n) is 5.74. The van der Waals surface area contributed by atoms with Gasteiger partial charge in [0.05, 0.1) is 17.3 Å². The van der Waals surface area contributed by atoms with Gasteiger partial charge in [-0.3, -0.25) is 4.79 Å². The molecule has 0 aromatic carbocycles. The molecule has 150 valence electrons. The zero-order valence-corrected chi connectivity index (χ0v) is 17.4. The van der Waals surface area contributed by atoms with Crippen LogP contribution in [-0.2, 0) is 4.79 Å². The van der Waals surface area contributed by atoms with E-state index in [-0.39, 0.29) is 11.9 Å². The van der Waals surface area contributed by atoms with E-state index in [1.165, 1.54) is 6.42 Å². The van der Waals surface area contributed by atoms with Crippen molar-refractivity contribution < 1.29 is 4.79 Å². The molecule has 1 saturated heterocycles. The molecule has 7 nitrogen and oxygen atoms in total. The summed E-state index contributed by atoms with van der Waals surface area (Å²) in [5.74, 6) is 1.50. The average Bonchev–Trinajstić information content (AvgIpc) is 3.30. The number of anilines is 2. The van der Waals surface area contributed by atoms with Gasteiger partial charge in [0.1, 0.15) is 11.6 Å². The van der Waals surface area contributed by atoms with Gasteiger partial charge >= 0.3 is 0 Å². The lowest BCUT2D eigenvalue weighted by molar-refractivity contribution is -0.139. The maximum Gasteiger partial charge on any atom is 0.243 e. The molecule has 2 fully saturated rings. The van der Waals surface area contributed by atoms with Gasteiger partial charge in [0, 0.05) is 23.7 Å². The molecule has 0 spiro atoms. The van der Waals surface area contributed by atoms with Crippen LogP contribution in [0.5, 0.6) is 0 Å². The second-order valence-corrected chi connectivity index (χ2v) is 9.23. The molecule has 1 atom stereocenters. The van der Waals surface area contributed by atoms with Crippen molar-refractivity contribution in [3.8, 4) is 0 Å². The molecular formula is C20H28N6OS. The maximum atomic E-state index is 13.3. The highest BCUT2D eigenvalue weighted by atomic mass is 32.1. The second kappa shape index (κ2) is 7.75. The molecule has 1 aliphatic carbocycles. The minimum atomic E-state index is -0.706. The van der Waals surface area contributed by atoms with Gasteiger partial charge in [0.25, 0.3) is 0 Å². The number of amides is 1. The maximum absolute atomic E-state index is 13.3. The number of aromatic nitrogens is 3. The number of rotatable bonds is 4. The van der Waals surface area contributed by atoms with Gasteiger partial charge in [-0.05, 0) is 39.5 Å². The lowest BCUT2D eigenvalue weighted by Gasteiger charge is -2.37. The molecule has 1 amide bonds. The smallest absolute Gasteiger partial charge is 0.243 e. The van der Waals surface area contributed by atoms with Crippen molar-refractivity contribution in [2.24, 2.45) is 5.73 Å². The predicted molar refractivity (Wildman–Crippen MR) is 111 cm³/mol. The van der Waals surface area contributed by atoms with Crippen LogP contribution in [0.4, 0.5) is 10.9 Å². The summed E-state index contributed by atoms with van der Waals surface area (Å²) in [5, 5.41) is 4.08. The Labute approximate surface area is 169 Å². The standard InChI is InChI=1S/C20H28N6OS/c1-13-12-22-19(28-13)25-17-11-15(23-14(2)24-17)16-7-6-10-26(16)18(27)20(21)8-4-3-5-9-20/h11-12,16H,3-10,21H2,1-2H3,(H,22,23,24,25)/t16-/m1/s1. The zero-order chi connectivity index (χ0) is 19.7. The van der Waals surface area contributed by atoms with Crippen molar-refractivity contribution in [1.29, 1.82) is 0 Å². The number of nitrogens with one attached hydrogen (secondary N) is 1. The number of likely N-dealkylation sites (tertiary alicyclic amines) is 1. The van der Waals surface area contributed by atoms with E-state index in [0.717, 1.165) is 66.6 Å². The monoisotopic (exact) mass is 400 g/mol.